The van der Waals surface area contributed by atoms with Crippen molar-refractivity contribution in [2.75, 3.05) is 51.3 Å². The molecule has 154 valence electrons. The molecule has 1 amide bonds. The van der Waals surface area contributed by atoms with E-state index in [2.05, 4.69) is 21.7 Å². The molecule has 3 aliphatic heterocycles. The van der Waals surface area contributed by atoms with E-state index in [-0.39, 0.29) is 12.0 Å². The van der Waals surface area contributed by atoms with Crippen LogP contribution < -0.4 is 4.90 Å². The number of hydrogen-bond acceptors (Lipinski definition) is 5. The molecule has 6 nitrogen and oxygen atoms in total. The molecule has 0 aromatic carbocycles. The van der Waals surface area contributed by atoms with Gasteiger partial charge in [-0.1, -0.05) is 6.92 Å². The van der Waals surface area contributed by atoms with Gasteiger partial charge in [-0.25, -0.2) is 4.98 Å². The molecule has 0 radical (unpaired) electrons. The van der Waals surface area contributed by atoms with Crippen molar-refractivity contribution in [3.63, 3.8) is 0 Å². The molecule has 28 heavy (non-hydrogen) atoms. The number of methoxy groups -OCH3 is 1. The maximum atomic E-state index is 12.9. The Labute approximate surface area is 168 Å². The Morgan fingerprint density at radius 3 is 2.54 bits per heavy atom. The fourth-order valence-electron chi connectivity index (χ4n) is 5.00. The summed E-state index contributed by atoms with van der Waals surface area (Å²) in [5, 5.41) is 0. The van der Waals surface area contributed by atoms with E-state index < -0.39 is 0 Å². The smallest absolute Gasteiger partial charge is 0.255 e. The number of ether oxygens (including phenoxy) is 1. The molecule has 3 saturated heterocycles. The number of amides is 1. The highest BCUT2D eigenvalue weighted by molar-refractivity contribution is 5.94. The van der Waals surface area contributed by atoms with E-state index >= 15 is 0 Å². The molecule has 0 bridgehead atoms. The van der Waals surface area contributed by atoms with Gasteiger partial charge in [0.25, 0.3) is 5.91 Å². The summed E-state index contributed by atoms with van der Waals surface area (Å²) in [4.78, 5) is 24.4. The second kappa shape index (κ2) is 8.78. The largest absolute Gasteiger partial charge is 0.380 e. The first-order valence-electron chi connectivity index (χ1n) is 10.9. The Morgan fingerprint density at radius 2 is 1.89 bits per heavy atom. The lowest BCUT2D eigenvalue weighted by Gasteiger charge is -2.41. The molecule has 2 atom stereocenters. The van der Waals surface area contributed by atoms with Gasteiger partial charge in [-0.3, -0.25) is 9.69 Å². The van der Waals surface area contributed by atoms with E-state index in [9.17, 15) is 4.79 Å². The molecule has 4 heterocycles. The van der Waals surface area contributed by atoms with Crippen LogP contribution >= 0.6 is 0 Å². The summed E-state index contributed by atoms with van der Waals surface area (Å²) in [6.07, 6.45) is 7.93. The number of anilines is 1. The zero-order valence-corrected chi connectivity index (χ0v) is 17.3. The van der Waals surface area contributed by atoms with Crippen LogP contribution in [0.5, 0.6) is 0 Å². The molecule has 0 N–H and O–H groups in total. The van der Waals surface area contributed by atoms with Crippen LogP contribution in [0.1, 0.15) is 49.4 Å². The molecule has 0 saturated carbocycles. The van der Waals surface area contributed by atoms with Gasteiger partial charge in [0.1, 0.15) is 5.82 Å². The number of likely N-dealkylation sites (tertiary alicyclic amines) is 2. The number of nitrogens with zero attached hydrogens (tertiary/aromatic N) is 4. The molecule has 4 rings (SSSR count). The van der Waals surface area contributed by atoms with Gasteiger partial charge in [-0.05, 0) is 56.7 Å². The van der Waals surface area contributed by atoms with Gasteiger partial charge in [-0.2, -0.15) is 0 Å². The third-order valence-electron chi connectivity index (χ3n) is 6.75. The lowest BCUT2D eigenvalue weighted by atomic mass is 9.95. The quantitative estimate of drug-likeness (QED) is 0.796. The lowest BCUT2D eigenvalue weighted by Crippen LogP contribution is -2.49. The van der Waals surface area contributed by atoms with E-state index in [1.54, 1.807) is 13.3 Å². The van der Waals surface area contributed by atoms with Gasteiger partial charge in [-0.15, -0.1) is 0 Å². The zero-order valence-electron chi connectivity index (χ0n) is 17.3. The van der Waals surface area contributed by atoms with Crippen molar-refractivity contribution in [3.8, 4) is 0 Å². The summed E-state index contributed by atoms with van der Waals surface area (Å²) in [5.74, 6) is 1.88. The van der Waals surface area contributed by atoms with Crippen LogP contribution in [0.4, 0.5) is 5.82 Å². The monoisotopic (exact) mass is 386 g/mol. The van der Waals surface area contributed by atoms with E-state index in [0.29, 0.717) is 11.6 Å². The second-order valence-corrected chi connectivity index (χ2v) is 8.76. The Balaban J connectivity index is 1.30. The minimum Gasteiger partial charge on any atom is -0.380 e. The van der Waals surface area contributed by atoms with Crippen molar-refractivity contribution >= 4 is 11.7 Å². The van der Waals surface area contributed by atoms with Crippen molar-refractivity contribution in [2.24, 2.45) is 5.92 Å². The standard InChI is InChI=1S/C22H34N4O2/c1-17-4-3-10-25(15-17)19-7-11-24(12-8-19)22(27)18-5-6-21(23-14-18)26-13-9-20(16-26)28-2/h5-6,14,17,19-20H,3-4,7-13,15-16H2,1-2H3/t17-,20?/m1/s1. The van der Waals surface area contributed by atoms with Gasteiger partial charge in [0.2, 0.25) is 0 Å². The molecular formula is C22H34N4O2. The minimum absolute atomic E-state index is 0.126. The van der Waals surface area contributed by atoms with E-state index in [1.807, 2.05) is 17.0 Å². The molecule has 6 heteroatoms. The third kappa shape index (κ3) is 4.33. The average Bonchev–Trinajstić information content (AvgIpc) is 3.23. The number of piperidine rings is 2. The average molecular weight is 387 g/mol. The number of aromatic nitrogens is 1. The van der Waals surface area contributed by atoms with Gasteiger partial charge < -0.3 is 14.5 Å². The highest BCUT2D eigenvalue weighted by Crippen LogP contribution is 2.25. The number of hydrogen-bond donors (Lipinski definition) is 0. The Bertz CT molecular complexity index is 657. The van der Waals surface area contributed by atoms with E-state index in [0.717, 1.165) is 57.2 Å². The molecule has 3 aliphatic rings. The van der Waals surface area contributed by atoms with Gasteiger partial charge in [0, 0.05) is 52.1 Å². The Hall–Kier alpha value is -1.66. The summed E-state index contributed by atoms with van der Waals surface area (Å²) in [5.41, 5.74) is 0.705. The molecule has 1 aromatic rings. The summed E-state index contributed by atoms with van der Waals surface area (Å²) >= 11 is 0. The molecular weight excluding hydrogens is 352 g/mol. The van der Waals surface area contributed by atoms with E-state index in [4.69, 9.17) is 4.74 Å². The normalized spacial score (nSPS) is 27.4. The highest BCUT2D eigenvalue weighted by Gasteiger charge is 2.30. The maximum absolute atomic E-state index is 12.9. The predicted octanol–water partition coefficient (Wildman–Crippen LogP) is 2.64. The third-order valence-corrected chi connectivity index (χ3v) is 6.75. The SMILES string of the molecule is COC1CCN(c2ccc(C(=O)N3CCC(N4CCC[C@@H](C)C4)CC3)cn2)C1. The van der Waals surface area contributed by atoms with Crippen molar-refractivity contribution in [3.05, 3.63) is 23.9 Å². The van der Waals surface area contributed by atoms with Crippen LogP contribution in [0.3, 0.4) is 0 Å². The van der Waals surface area contributed by atoms with Crippen molar-refractivity contribution in [1.82, 2.24) is 14.8 Å². The summed E-state index contributed by atoms with van der Waals surface area (Å²) < 4.78 is 5.43. The topological polar surface area (TPSA) is 48.9 Å². The summed E-state index contributed by atoms with van der Waals surface area (Å²) in [6.45, 7) is 8.37. The Morgan fingerprint density at radius 1 is 1.07 bits per heavy atom. The van der Waals surface area contributed by atoms with Crippen LogP contribution in [0.25, 0.3) is 0 Å². The first-order valence-corrected chi connectivity index (χ1v) is 10.9. The minimum atomic E-state index is 0.126. The first-order chi connectivity index (χ1) is 13.6. The van der Waals surface area contributed by atoms with Crippen LogP contribution in [-0.4, -0.2) is 79.2 Å². The van der Waals surface area contributed by atoms with Crippen LogP contribution in [-0.2, 0) is 4.74 Å². The first kappa shape index (κ1) is 19.6. The molecule has 0 spiro atoms. The lowest BCUT2D eigenvalue weighted by molar-refractivity contribution is 0.0541. The fraction of sp³-hybridized carbons (Fsp3) is 0.727. The fourth-order valence-corrected chi connectivity index (χ4v) is 5.00. The zero-order chi connectivity index (χ0) is 19.5. The molecule has 1 unspecified atom stereocenters. The van der Waals surface area contributed by atoms with Crippen molar-refractivity contribution in [1.29, 1.82) is 0 Å². The van der Waals surface area contributed by atoms with E-state index in [1.165, 1.54) is 25.9 Å². The number of rotatable bonds is 4. The molecule has 1 aromatic heterocycles. The molecule has 3 fully saturated rings. The predicted molar refractivity (Wildman–Crippen MR) is 111 cm³/mol. The van der Waals surface area contributed by atoms with Crippen LogP contribution in [0, 0.1) is 5.92 Å². The number of carbonyl (C=O) groups excluding carboxylic acids is 1. The summed E-state index contributed by atoms with van der Waals surface area (Å²) in [7, 11) is 1.76. The van der Waals surface area contributed by atoms with Gasteiger partial charge in [0.05, 0.1) is 11.7 Å². The van der Waals surface area contributed by atoms with Crippen molar-refractivity contribution < 1.29 is 9.53 Å². The molecule has 0 aliphatic carbocycles. The van der Waals surface area contributed by atoms with Crippen LogP contribution in [0.2, 0.25) is 0 Å². The second-order valence-electron chi connectivity index (χ2n) is 8.76. The number of pyridine rings is 1. The Kier molecular flexibility index (Phi) is 6.16. The number of carbonyl (C=O) groups is 1. The van der Waals surface area contributed by atoms with Gasteiger partial charge in [0.15, 0.2) is 0 Å². The summed E-state index contributed by atoms with van der Waals surface area (Å²) in [6, 6.07) is 4.56. The highest BCUT2D eigenvalue weighted by atomic mass is 16.5. The van der Waals surface area contributed by atoms with Crippen molar-refractivity contribution in [2.45, 2.75) is 51.2 Å². The van der Waals surface area contributed by atoms with Gasteiger partial charge >= 0.3 is 0 Å². The maximum Gasteiger partial charge on any atom is 0.255 e. The van der Waals surface area contributed by atoms with Crippen LogP contribution in [0.15, 0.2) is 18.3 Å².